The van der Waals surface area contributed by atoms with Crippen molar-refractivity contribution in [2.45, 2.75) is 6.18 Å². The van der Waals surface area contributed by atoms with Gasteiger partial charge in [-0.05, 0) is 17.0 Å². The zero-order chi connectivity index (χ0) is 11.2. The van der Waals surface area contributed by atoms with Crippen LogP contribution in [0.2, 0.25) is 0 Å². The fourth-order valence-electron chi connectivity index (χ4n) is 1.39. The third-order valence-corrected chi connectivity index (χ3v) is 2.12. The van der Waals surface area contributed by atoms with Crippen molar-refractivity contribution in [1.82, 2.24) is 9.90 Å². The Kier molecular flexibility index (Phi) is 1.85. The van der Waals surface area contributed by atoms with Gasteiger partial charge in [0.1, 0.15) is 7.05 Å². The van der Waals surface area contributed by atoms with E-state index in [1.54, 1.807) is 7.05 Å². The van der Waals surface area contributed by atoms with Crippen LogP contribution >= 0.6 is 0 Å². The molecule has 0 spiro atoms. The van der Waals surface area contributed by atoms with Gasteiger partial charge < -0.3 is 0 Å². The fraction of sp³-hybridized carbons (Fsp3) is 0.250. The normalized spacial score (nSPS) is 12.3. The maximum Gasteiger partial charge on any atom is 0.416 e. The summed E-state index contributed by atoms with van der Waals surface area (Å²) in [6.07, 6.45) is -4.43. The van der Waals surface area contributed by atoms with Crippen LogP contribution in [0.5, 0.6) is 0 Å². The Labute approximate surface area is 81.5 Å². The van der Waals surface area contributed by atoms with Crippen LogP contribution in [-0.2, 0) is 13.2 Å². The van der Waals surface area contributed by atoms with Gasteiger partial charge in [-0.2, -0.15) is 17.9 Å². The van der Waals surface area contributed by atoms with E-state index in [0.717, 1.165) is 12.1 Å². The van der Waals surface area contributed by atoms with Crippen LogP contribution in [0, 0.1) is 4.91 Å². The van der Waals surface area contributed by atoms with Crippen LogP contribution in [0.3, 0.4) is 0 Å². The number of alkyl halides is 3. The Balaban J connectivity index is 2.77. The van der Waals surface area contributed by atoms with Crippen molar-refractivity contribution in [3.8, 4) is 0 Å². The van der Waals surface area contributed by atoms with Crippen LogP contribution in [0.4, 0.5) is 13.2 Å². The summed E-state index contributed by atoms with van der Waals surface area (Å²) < 4.78 is 38.6. The van der Waals surface area contributed by atoms with Gasteiger partial charge in [-0.1, -0.05) is 5.21 Å². The summed E-state index contributed by atoms with van der Waals surface area (Å²) in [5.41, 5.74) is -0.454. The third kappa shape index (κ3) is 1.49. The second kappa shape index (κ2) is 2.85. The fourth-order valence-corrected chi connectivity index (χ4v) is 1.39. The number of fused-ring (bicyclic) bond motifs is 1. The molecule has 15 heavy (non-hydrogen) atoms. The average Bonchev–Trinajstić information content (AvgIpc) is 2.41. The van der Waals surface area contributed by atoms with Gasteiger partial charge in [0.2, 0.25) is 5.52 Å². The summed E-state index contributed by atoms with van der Waals surface area (Å²) in [7, 11) is 1.55. The van der Waals surface area contributed by atoms with Gasteiger partial charge >= 0.3 is 6.18 Å². The third-order valence-electron chi connectivity index (χ3n) is 2.12. The Morgan fingerprint density at radius 1 is 1.40 bits per heavy atom. The van der Waals surface area contributed by atoms with Gasteiger partial charge in [0.15, 0.2) is 5.52 Å². The number of nitrogens with zero attached hydrogens (tertiary/aromatic N) is 2. The minimum absolute atomic E-state index is 0.0349. The molecule has 0 fully saturated rings. The Hall–Kier alpha value is -1.79. The van der Waals surface area contributed by atoms with Crippen molar-refractivity contribution >= 4 is 11.0 Å². The first-order valence-electron chi connectivity index (χ1n) is 4.08. The highest BCUT2D eigenvalue weighted by atomic mass is 19.4. The summed E-state index contributed by atoms with van der Waals surface area (Å²) >= 11 is 0. The summed E-state index contributed by atoms with van der Waals surface area (Å²) in [6, 6.07) is 3.01. The second-order valence-corrected chi connectivity index (χ2v) is 3.15. The molecule has 2 aromatic rings. The molecule has 0 saturated carbocycles. The smallest absolute Gasteiger partial charge is 0.166 e. The monoisotopic (exact) mass is 218 g/mol. The molecule has 0 aliphatic carbocycles. The van der Waals surface area contributed by atoms with Gasteiger partial charge in [0.05, 0.1) is 10.1 Å². The molecular formula is C8H7F3N3O+. The van der Waals surface area contributed by atoms with Crippen molar-refractivity contribution in [3.63, 3.8) is 0 Å². The lowest BCUT2D eigenvalue weighted by Gasteiger charge is -2.03. The van der Waals surface area contributed by atoms with Crippen molar-refractivity contribution in [3.05, 3.63) is 28.7 Å². The molecule has 7 heteroatoms. The van der Waals surface area contributed by atoms with Crippen LogP contribution in [-0.4, -0.2) is 9.90 Å². The van der Waals surface area contributed by atoms with Gasteiger partial charge in [-0.25, -0.2) is 0 Å². The number of hydrogen-bond acceptors (Lipinski definition) is 1. The summed E-state index contributed by atoms with van der Waals surface area (Å²) in [5.74, 6) is 0. The predicted molar refractivity (Wildman–Crippen MR) is 45.6 cm³/mol. The number of aromatic nitrogens is 3. The van der Waals surface area contributed by atoms with Crippen LogP contribution in [0.1, 0.15) is 5.56 Å². The SMILES string of the molecule is Cn1[nH][n+](=O)c2cc(C(F)(F)F)ccc21. The molecule has 80 valence electrons. The van der Waals surface area contributed by atoms with Gasteiger partial charge in [-0.15, -0.1) is 0 Å². The van der Waals surface area contributed by atoms with E-state index in [0.29, 0.717) is 10.1 Å². The Bertz CT molecular complexity index is 566. The van der Waals surface area contributed by atoms with Crippen molar-refractivity contribution in [1.29, 1.82) is 0 Å². The van der Waals surface area contributed by atoms with E-state index in [-0.39, 0.29) is 5.52 Å². The topological polar surface area (TPSA) is 43.7 Å². The standard InChI is InChI=1S/C8H7F3N3O/c1-13-6-3-2-5(8(9,10)11)4-7(6)14(15)12-13/h2-4H,1H3,(H,12,15)/q+1. The maximum atomic E-state index is 12.3. The van der Waals surface area contributed by atoms with E-state index < -0.39 is 11.7 Å². The van der Waals surface area contributed by atoms with Gasteiger partial charge in [-0.3, -0.25) is 0 Å². The minimum atomic E-state index is -4.43. The lowest BCUT2D eigenvalue weighted by atomic mass is 10.2. The molecule has 4 nitrogen and oxygen atoms in total. The molecule has 0 bridgehead atoms. The summed E-state index contributed by atoms with van der Waals surface area (Å²) in [5, 5.41) is 2.30. The molecule has 0 amide bonds. The van der Waals surface area contributed by atoms with E-state index in [1.165, 1.54) is 10.7 Å². The van der Waals surface area contributed by atoms with Crippen LogP contribution < -0.4 is 4.54 Å². The first kappa shape index (κ1) is 9.75. The maximum absolute atomic E-state index is 12.3. The molecule has 1 aromatic carbocycles. The molecule has 0 atom stereocenters. The molecule has 1 heterocycles. The molecule has 0 unspecified atom stereocenters. The summed E-state index contributed by atoms with van der Waals surface area (Å²) in [4.78, 5) is 11.2. The van der Waals surface area contributed by atoms with E-state index in [4.69, 9.17) is 0 Å². The number of benzene rings is 1. The van der Waals surface area contributed by atoms with E-state index in [1.807, 2.05) is 0 Å². The lowest BCUT2D eigenvalue weighted by Crippen LogP contribution is -2.17. The highest BCUT2D eigenvalue weighted by molar-refractivity contribution is 5.72. The zero-order valence-electron chi connectivity index (χ0n) is 7.67. The molecular weight excluding hydrogens is 211 g/mol. The van der Waals surface area contributed by atoms with E-state index in [2.05, 4.69) is 5.21 Å². The van der Waals surface area contributed by atoms with Gasteiger partial charge in [0.25, 0.3) is 0 Å². The molecule has 1 N–H and O–H groups in total. The lowest BCUT2D eigenvalue weighted by molar-refractivity contribution is -0.540. The number of nitrogens with one attached hydrogen (secondary N) is 1. The first-order valence-corrected chi connectivity index (χ1v) is 4.08. The summed E-state index contributed by atoms with van der Waals surface area (Å²) in [6.45, 7) is 0. The molecule has 1 aromatic heterocycles. The minimum Gasteiger partial charge on any atom is -0.166 e. The highest BCUT2D eigenvalue weighted by Crippen LogP contribution is 2.30. The van der Waals surface area contributed by atoms with Crippen LogP contribution in [0.25, 0.3) is 11.0 Å². The number of hydrogen-bond donors (Lipinski definition) is 1. The molecule has 0 aliphatic rings. The van der Waals surface area contributed by atoms with E-state index in [9.17, 15) is 18.1 Å². The number of halogens is 3. The van der Waals surface area contributed by atoms with Crippen molar-refractivity contribution in [2.24, 2.45) is 7.05 Å². The zero-order valence-corrected chi connectivity index (χ0v) is 7.67. The number of aromatic amines is 1. The number of H-pyrrole nitrogens is 1. The first-order chi connectivity index (χ1) is 6.89. The molecule has 0 saturated heterocycles. The predicted octanol–water partition coefficient (Wildman–Crippen LogP) is 1.44. The number of rotatable bonds is 0. The van der Waals surface area contributed by atoms with Crippen molar-refractivity contribution < 1.29 is 17.7 Å². The number of aryl methyl sites for hydroxylation is 1. The van der Waals surface area contributed by atoms with Crippen molar-refractivity contribution in [2.75, 3.05) is 0 Å². The van der Waals surface area contributed by atoms with Crippen LogP contribution in [0.15, 0.2) is 18.2 Å². The van der Waals surface area contributed by atoms with Gasteiger partial charge in [0, 0.05) is 6.07 Å². The Morgan fingerprint density at radius 2 is 2.07 bits per heavy atom. The molecule has 0 aliphatic heterocycles. The largest absolute Gasteiger partial charge is 0.416 e. The quantitative estimate of drug-likeness (QED) is 0.668. The van der Waals surface area contributed by atoms with E-state index >= 15 is 0 Å². The second-order valence-electron chi connectivity index (χ2n) is 3.15. The average molecular weight is 218 g/mol. The molecule has 2 rings (SSSR count). The Morgan fingerprint density at radius 3 is 2.67 bits per heavy atom. The highest BCUT2D eigenvalue weighted by Gasteiger charge is 2.32. The molecule has 0 radical (unpaired) electrons.